The Morgan fingerprint density at radius 2 is 1.91 bits per heavy atom. The van der Waals surface area contributed by atoms with Crippen LogP contribution in [-0.4, -0.2) is 32.8 Å². The largest absolute Gasteiger partial charge is 0.490 e. The number of non-ortho nitro benzene ring substituents is 1. The molecule has 0 atom stereocenters. The van der Waals surface area contributed by atoms with Crippen molar-refractivity contribution in [3.05, 3.63) is 74.5 Å². The van der Waals surface area contributed by atoms with Crippen LogP contribution in [0.1, 0.15) is 30.9 Å². The molecule has 0 radical (unpaired) electrons. The van der Waals surface area contributed by atoms with E-state index in [2.05, 4.69) is 10.2 Å². The standard InChI is InChI=1S/C22H21N3O7S/c1-3-20-23-24-22(32-20)33-19(21(26)27)12-15-7-10-17(18(11-15)30-4-2)31-13-14-5-8-16(9-6-14)25(28)29/h5-12H,3-4,13H2,1-2H3,(H,26,27)/b19-12-. The molecule has 1 N–H and O–H groups in total. The first-order valence-corrected chi connectivity index (χ1v) is 10.8. The SMILES string of the molecule is CCOc1cc(/C=C(\Sc2nnc(CC)o2)C(=O)O)ccc1OCc1ccc([N+](=O)[O-])cc1. The molecule has 0 aliphatic heterocycles. The number of nitrogens with zero attached hydrogens (tertiary/aromatic N) is 3. The van der Waals surface area contributed by atoms with Crippen molar-refractivity contribution in [2.45, 2.75) is 32.1 Å². The first-order valence-electron chi connectivity index (χ1n) is 9.97. The summed E-state index contributed by atoms with van der Waals surface area (Å²) in [6.45, 7) is 4.24. The van der Waals surface area contributed by atoms with Gasteiger partial charge in [-0.05, 0) is 60.2 Å². The molecule has 0 spiro atoms. The number of aromatic nitrogens is 2. The van der Waals surface area contributed by atoms with E-state index < -0.39 is 10.9 Å². The molecule has 172 valence electrons. The molecule has 0 aliphatic rings. The predicted octanol–water partition coefficient (Wildman–Crippen LogP) is 4.74. The minimum absolute atomic E-state index is 0.00306. The monoisotopic (exact) mass is 471 g/mol. The summed E-state index contributed by atoms with van der Waals surface area (Å²) in [6, 6.07) is 11.1. The Morgan fingerprint density at radius 1 is 1.15 bits per heavy atom. The van der Waals surface area contributed by atoms with Crippen molar-refractivity contribution in [1.82, 2.24) is 10.2 Å². The number of hydrogen-bond acceptors (Lipinski definition) is 9. The van der Waals surface area contributed by atoms with Gasteiger partial charge < -0.3 is 19.0 Å². The third kappa shape index (κ3) is 6.56. The van der Waals surface area contributed by atoms with Gasteiger partial charge in [0, 0.05) is 18.6 Å². The lowest BCUT2D eigenvalue weighted by molar-refractivity contribution is -0.384. The molecule has 1 aromatic heterocycles. The van der Waals surface area contributed by atoms with Crippen molar-refractivity contribution in [3.63, 3.8) is 0 Å². The molecule has 3 rings (SSSR count). The number of ether oxygens (including phenoxy) is 2. The minimum atomic E-state index is -1.13. The van der Waals surface area contributed by atoms with Gasteiger partial charge in [-0.2, -0.15) is 0 Å². The van der Waals surface area contributed by atoms with E-state index in [-0.39, 0.29) is 22.4 Å². The van der Waals surface area contributed by atoms with Gasteiger partial charge >= 0.3 is 5.97 Å². The van der Waals surface area contributed by atoms with Gasteiger partial charge in [-0.25, -0.2) is 4.79 Å². The molecule has 0 unspecified atom stereocenters. The molecule has 3 aromatic rings. The maximum atomic E-state index is 11.7. The van der Waals surface area contributed by atoms with Crippen molar-refractivity contribution in [2.75, 3.05) is 6.61 Å². The molecule has 2 aromatic carbocycles. The zero-order valence-electron chi connectivity index (χ0n) is 17.9. The average Bonchev–Trinajstić information content (AvgIpc) is 3.26. The Hall–Kier alpha value is -3.86. The van der Waals surface area contributed by atoms with Gasteiger partial charge in [0.25, 0.3) is 10.9 Å². The van der Waals surface area contributed by atoms with E-state index in [1.807, 2.05) is 13.8 Å². The molecule has 0 bridgehead atoms. The fourth-order valence-corrected chi connectivity index (χ4v) is 3.37. The summed E-state index contributed by atoms with van der Waals surface area (Å²) >= 11 is 0.863. The van der Waals surface area contributed by atoms with Crippen LogP contribution < -0.4 is 9.47 Å². The molecular weight excluding hydrogens is 450 g/mol. The lowest BCUT2D eigenvalue weighted by atomic mass is 10.2. The Balaban J connectivity index is 1.78. The lowest BCUT2D eigenvalue weighted by Crippen LogP contribution is -2.01. The Bertz CT molecular complexity index is 1160. The normalized spacial score (nSPS) is 11.3. The number of benzene rings is 2. The topological polar surface area (TPSA) is 138 Å². The van der Waals surface area contributed by atoms with Gasteiger partial charge in [0.05, 0.1) is 11.5 Å². The van der Waals surface area contributed by atoms with E-state index in [1.54, 1.807) is 30.3 Å². The number of nitro groups is 1. The molecule has 0 aliphatic carbocycles. The lowest BCUT2D eigenvalue weighted by Gasteiger charge is -2.13. The van der Waals surface area contributed by atoms with Crippen LogP contribution in [0, 0.1) is 10.1 Å². The number of aryl methyl sites for hydroxylation is 1. The molecule has 10 nitrogen and oxygen atoms in total. The number of nitro benzene ring substituents is 1. The van der Waals surface area contributed by atoms with E-state index in [0.717, 1.165) is 17.3 Å². The summed E-state index contributed by atoms with van der Waals surface area (Å²) < 4.78 is 16.9. The van der Waals surface area contributed by atoms with Crippen molar-refractivity contribution in [1.29, 1.82) is 0 Å². The predicted molar refractivity (Wildman–Crippen MR) is 120 cm³/mol. The zero-order chi connectivity index (χ0) is 23.8. The van der Waals surface area contributed by atoms with Crippen LogP contribution >= 0.6 is 11.8 Å². The summed E-state index contributed by atoms with van der Waals surface area (Å²) in [6.07, 6.45) is 2.03. The second kappa shape index (κ2) is 11.1. The second-order valence-corrected chi connectivity index (χ2v) is 7.58. The number of carboxylic acid groups (broad SMARTS) is 1. The summed E-state index contributed by atoms with van der Waals surface area (Å²) in [5.41, 5.74) is 1.34. The number of carboxylic acids is 1. The summed E-state index contributed by atoms with van der Waals surface area (Å²) in [5.74, 6) is 0.193. The molecular formula is C22H21N3O7S. The highest BCUT2D eigenvalue weighted by molar-refractivity contribution is 8.03. The van der Waals surface area contributed by atoms with Crippen molar-refractivity contribution in [2.24, 2.45) is 0 Å². The highest BCUT2D eigenvalue weighted by atomic mass is 32.2. The van der Waals surface area contributed by atoms with Crippen LogP contribution in [0.3, 0.4) is 0 Å². The highest BCUT2D eigenvalue weighted by Gasteiger charge is 2.16. The maximum absolute atomic E-state index is 11.7. The van der Waals surface area contributed by atoms with E-state index >= 15 is 0 Å². The van der Waals surface area contributed by atoms with Crippen LogP contribution in [0.15, 0.2) is 57.0 Å². The van der Waals surface area contributed by atoms with Crippen molar-refractivity contribution < 1.29 is 28.7 Å². The summed E-state index contributed by atoms with van der Waals surface area (Å²) in [7, 11) is 0. The molecule has 33 heavy (non-hydrogen) atoms. The molecule has 11 heteroatoms. The smallest absolute Gasteiger partial charge is 0.342 e. The summed E-state index contributed by atoms with van der Waals surface area (Å²) in [5, 5.41) is 28.2. The van der Waals surface area contributed by atoms with E-state index in [1.165, 1.54) is 18.2 Å². The van der Waals surface area contributed by atoms with Crippen LogP contribution in [0.25, 0.3) is 6.08 Å². The Kier molecular flexibility index (Phi) is 8.03. The number of carbonyl (C=O) groups is 1. The number of aliphatic carboxylic acids is 1. The van der Waals surface area contributed by atoms with Crippen LogP contribution in [0.2, 0.25) is 0 Å². The van der Waals surface area contributed by atoms with Gasteiger partial charge in [-0.1, -0.05) is 13.0 Å². The zero-order valence-corrected chi connectivity index (χ0v) is 18.7. The van der Waals surface area contributed by atoms with Crippen LogP contribution in [-0.2, 0) is 17.8 Å². The quantitative estimate of drug-likeness (QED) is 0.181. The number of rotatable bonds is 11. The Morgan fingerprint density at radius 3 is 2.52 bits per heavy atom. The third-order valence-electron chi connectivity index (χ3n) is 4.27. The first-order chi connectivity index (χ1) is 15.9. The van der Waals surface area contributed by atoms with Crippen LogP contribution in [0.4, 0.5) is 5.69 Å². The highest BCUT2D eigenvalue weighted by Crippen LogP contribution is 2.33. The Labute approximate surface area is 193 Å². The fourth-order valence-electron chi connectivity index (χ4n) is 2.68. The maximum Gasteiger partial charge on any atom is 0.342 e. The minimum Gasteiger partial charge on any atom is -0.490 e. The van der Waals surface area contributed by atoms with Crippen LogP contribution in [0.5, 0.6) is 11.5 Å². The van der Waals surface area contributed by atoms with E-state index in [4.69, 9.17) is 13.9 Å². The second-order valence-electron chi connectivity index (χ2n) is 6.58. The number of hydrogen-bond donors (Lipinski definition) is 1. The van der Waals surface area contributed by atoms with Crippen molar-refractivity contribution >= 4 is 29.5 Å². The first kappa shape index (κ1) is 23.8. The van der Waals surface area contributed by atoms with Gasteiger partial charge in [-0.3, -0.25) is 10.1 Å². The van der Waals surface area contributed by atoms with Gasteiger partial charge in [0.2, 0.25) is 5.89 Å². The average molecular weight is 471 g/mol. The molecule has 1 heterocycles. The van der Waals surface area contributed by atoms with Gasteiger partial charge in [-0.15, -0.1) is 10.2 Å². The van der Waals surface area contributed by atoms with Crippen molar-refractivity contribution in [3.8, 4) is 11.5 Å². The summed E-state index contributed by atoms with van der Waals surface area (Å²) in [4.78, 5) is 22.0. The molecule has 0 fully saturated rings. The molecule has 0 saturated carbocycles. The van der Waals surface area contributed by atoms with Gasteiger partial charge in [0.15, 0.2) is 11.5 Å². The van der Waals surface area contributed by atoms with Gasteiger partial charge in [0.1, 0.15) is 11.5 Å². The molecule has 0 amide bonds. The van der Waals surface area contributed by atoms with E-state index in [0.29, 0.717) is 36.0 Å². The third-order valence-corrected chi connectivity index (χ3v) is 5.12. The fraction of sp³-hybridized carbons (Fsp3) is 0.227. The van der Waals surface area contributed by atoms with E-state index in [9.17, 15) is 20.0 Å². The molecule has 0 saturated heterocycles. The number of thioether (sulfide) groups is 1.